The van der Waals surface area contributed by atoms with Crippen molar-refractivity contribution in [3.05, 3.63) is 71.8 Å². The Morgan fingerprint density at radius 2 is 1.19 bits per heavy atom. The van der Waals surface area contributed by atoms with E-state index in [-0.39, 0.29) is 6.04 Å². The van der Waals surface area contributed by atoms with E-state index in [9.17, 15) is 0 Å². The van der Waals surface area contributed by atoms with Crippen LogP contribution in [0.15, 0.2) is 60.7 Å². The number of benzene rings is 2. The highest BCUT2D eigenvalue weighted by Gasteiger charge is 2.39. The molecule has 0 aliphatic carbocycles. The smallest absolute Gasteiger partial charge is 0.374 e. The van der Waals surface area contributed by atoms with Crippen molar-refractivity contribution in [3.8, 4) is 0 Å². The lowest BCUT2D eigenvalue weighted by Crippen LogP contribution is -2.46. The Morgan fingerprint density at radius 1 is 0.741 bits per heavy atom. The molecule has 0 atom stereocenters. The highest BCUT2D eigenvalue weighted by molar-refractivity contribution is 6.60. The molecule has 27 heavy (non-hydrogen) atoms. The Morgan fingerprint density at radius 3 is 1.59 bits per heavy atom. The second kappa shape index (κ2) is 12.1. The summed E-state index contributed by atoms with van der Waals surface area (Å²) in [6.07, 6.45) is 0.947. The maximum absolute atomic E-state index is 5.95. The van der Waals surface area contributed by atoms with Crippen molar-refractivity contribution in [1.82, 2.24) is 5.32 Å². The minimum atomic E-state index is -2.57. The zero-order valence-corrected chi connectivity index (χ0v) is 17.8. The van der Waals surface area contributed by atoms with Crippen molar-refractivity contribution < 1.29 is 13.3 Å². The van der Waals surface area contributed by atoms with Crippen LogP contribution >= 0.6 is 0 Å². The zero-order valence-electron chi connectivity index (χ0n) is 16.8. The standard InChI is InChI=1S/C22H33NO3Si/c1-4-24-27(25-5-2,26-6-3)19-13-18-23-22(20-14-9-7-10-15-20)21-16-11-8-12-17-21/h7-12,14-17,22-23H,4-6,13,18-19H2,1-3H3. The van der Waals surface area contributed by atoms with Gasteiger partial charge in [-0.25, -0.2) is 0 Å². The van der Waals surface area contributed by atoms with Crippen LogP contribution in [-0.4, -0.2) is 35.2 Å². The van der Waals surface area contributed by atoms with E-state index in [1.54, 1.807) is 0 Å². The normalized spacial score (nSPS) is 11.9. The second-order valence-corrected chi connectivity index (χ2v) is 9.03. The number of rotatable bonds is 13. The number of nitrogens with one attached hydrogen (secondary N) is 1. The molecule has 0 aromatic heterocycles. The molecule has 0 amide bonds. The van der Waals surface area contributed by atoms with Gasteiger partial charge in [0.25, 0.3) is 0 Å². The molecule has 0 saturated carbocycles. The lowest BCUT2D eigenvalue weighted by atomic mass is 9.99. The quantitative estimate of drug-likeness (QED) is 0.396. The average Bonchev–Trinajstić information content (AvgIpc) is 2.70. The van der Waals surface area contributed by atoms with Crippen LogP contribution in [0.1, 0.15) is 44.4 Å². The molecule has 1 N–H and O–H groups in total. The zero-order chi connectivity index (χ0) is 19.4. The van der Waals surface area contributed by atoms with Gasteiger partial charge >= 0.3 is 8.80 Å². The summed E-state index contributed by atoms with van der Waals surface area (Å²) in [5.74, 6) is 0. The molecular weight excluding hydrogens is 354 g/mol. The predicted molar refractivity (Wildman–Crippen MR) is 113 cm³/mol. The van der Waals surface area contributed by atoms with Gasteiger partial charge in [-0.15, -0.1) is 0 Å². The molecule has 148 valence electrons. The van der Waals surface area contributed by atoms with E-state index >= 15 is 0 Å². The van der Waals surface area contributed by atoms with Gasteiger partial charge in [0, 0.05) is 25.9 Å². The lowest BCUT2D eigenvalue weighted by Gasteiger charge is -2.29. The average molecular weight is 388 g/mol. The Bertz CT molecular complexity index is 567. The molecule has 5 heteroatoms. The molecule has 0 spiro atoms. The van der Waals surface area contributed by atoms with Crippen LogP contribution in [0.25, 0.3) is 0 Å². The molecule has 0 unspecified atom stereocenters. The monoisotopic (exact) mass is 387 g/mol. The summed E-state index contributed by atoms with van der Waals surface area (Å²) in [6, 6.07) is 22.1. The van der Waals surface area contributed by atoms with Gasteiger partial charge in [-0.2, -0.15) is 0 Å². The van der Waals surface area contributed by atoms with Crippen LogP contribution in [0, 0.1) is 0 Å². The fraction of sp³-hybridized carbons (Fsp3) is 0.455. The molecule has 4 nitrogen and oxygen atoms in total. The molecular formula is C22H33NO3Si. The Balaban J connectivity index is 2.00. The van der Waals surface area contributed by atoms with Crippen LogP contribution in [0.5, 0.6) is 0 Å². The van der Waals surface area contributed by atoms with E-state index in [4.69, 9.17) is 13.3 Å². The minimum absolute atomic E-state index is 0.176. The maximum atomic E-state index is 5.95. The largest absolute Gasteiger partial charge is 0.500 e. The van der Waals surface area contributed by atoms with Gasteiger partial charge in [0.1, 0.15) is 0 Å². The summed E-state index contributed by atoms with van der Waals surface area (Å²) in [5, 5.41) is 3.71. The van der Waals surface area contributed by atoms with Crippen molar-refractivity contribution in [2.24, 2.45) is 0 Å². The van der Waals surface area contributed by atoms with Gasteiger partial charge in [0.15, 0.2) is 0 Å². The second-order valence-electron chi connectivity index (χ2n) is 6.29. The molecule has 0 aliphatic heterocycles. The molecule has 0 aliphatic rings. The first-order valence-electron chi connectivity index (χ1n) is 9.99. The highest BCUT2D eigenvalue weighted by atomic mass is 28.4. The van der Waals surface area contributed by atoms with Crippen molar-refractivity contribution in [1.29, 1.82) is 0 Å². The van der Waals surface area contributed by atoms with Crippen LogP contribution in [0.2, 0.25) is 6.04 Å². The minimum Gasteiger partial charge on any atom is -0.374 e. The molecule has 0 saturated heterocycles. The number of hydrogen-bond acceptors (Lipinski definition) is 4. The van der Waals surface area contributed by atoms with Crippen molar-refractivity contribution in [2.75, 3.05) is 26.4 Å². The molecule has 2 aromatic rings. The summed E-state index contributed by atoms with van der Waals surface area (Å²) < 4.78 is 17.9. The van der Waals surface area contributed by atoms with E-state index in [0.717, 1.165) is 19.0 Å². The van der Waals surface area contributed by atoms with E-state index in [0.29, 0.717) is 19.8 Å². The predicted octanol–water partition coefficient (Wildman–Crippen LogP) is 4.80. The van der Waals surface area contributed by atoms with Crippen LogP contribution in [0.4, 0.5) is 0 Å². The van der Waals surface area contributed by atoms with Gasteiger partial charge in [-0.05, 0) is 44.9 Å². The molecule has 2 rings (SSSR count). The summed E-state index contributed by atoms with van der Waals surface area (Å²) in [4.78, 5) is 0. The van der Waals surface area contributed by atoms with E-state index in [1.165, 1.54) is 11.1 Å². The molecule has 0 heterocycles. The third-order valence-electron chi connectivity index (χ3n) is 4.37. The molecule has 0 fully saturated rings. The SMILES string of the molecule is CCO[Si](CCCNC(c1ccccc1)c1ccccc1)(OCC)OCC. The van der Waals surface area contributed by atoms with Gasteiger partial charge in [0.2, 0.25) is 0 Å². The lowest BCUT2D eigenvalue weighted by molar-refractivity contribution is 0.0708. The van der Waals surface area contributed by atoms with Crippen LogP contribution < -0.4 is 5.32 Å². The van der Waals surface area contributed by atoms with Crippen molar-refractivity contribution in [3.63, 3.8) is 0 Å². The fourth-order valence-electron chi connectivity index (χ4n) is 3.27. The van der Waals surface area contributed by atoms with Gasteiger partial charge in [0.05, 0.1) is 6.04 Å². The maximum Gasteiger partial charge on any atom is 0.500 e. The summed E-state index contributed by atoms with van der Waals surface area (Å²) >= 11 is 0. The van der Waals surface area contributed by atoms with E-state index in [2.05, 4.69) is 66.0 Å². The number of hydrogen-bond donors (Lipinski definition) is 1. The first kappa shape index (κ1) is 21.8. The molecule has 0 bridgehead atoms. The molecule has 0 radical (unpaired) electrons. The van der Waals surface area contributed by atoms with Crippen LogP contribution in [0.3, 0.4) is 0 Å². The van der Waals surface area contributed by atoms with Crippen LogP contribution in [-0.2, 0) is 13.3 Å². The van der Waals surface area contributed by atoms with E-state index in [1.807, 2.05) is 20.8 Å². The Hall–Kier alpha value is -1.50. The Kier molecular flexibility index (Phi) is 9.73. The van der Waals surface area contributed by atoms with Gasteiger partial charge in [-0.1, -0.05) is 60.7 Å². The third kappa shape index (κ3) is 6.87. The van der Waals surface area contributed by atoms with Crippen molar-refractivity contribution >= 4 is 8.80 Å². The first-order chi connectivity index (χ1) is 13.2. The van der Waals surface area contributed by atoms with E-state index < -0.39 is 8.80 Å². The summed E-state index contributed by atoms with van der Waals surface area (Å²) in [6.45, 7) is 8.73. The van der Waals surface area contributed by atoms with Crippen molar-refractivity contribution in [2.45, 2.75) is 39.3 Å². The fourth-order valence-corrected chi connectivity index (χ4v) is 5.88. The first-order valence-corrected chi connectivity index (χ1v) is 11.9. The van der Waals surface area contributed by atoms with Gasteiger partial charge < -0.3 is 18.6 Å². The summed E-state index contributed by atoms with van der Waals surface area (Å²) in [5.41, 5.74) is 2.54. The van der Waals surface area contributed by atoms with Gasteiger partial charge in [-0.3, -0.25) is 0 Å². The third-order valence-corrected chi connectivity index (χ3v) is 7.52. The summed E-state index contributed by atoms with van der Waals surface area (Å²) in [7, 11) is -2.57. The topological polar surface area (TPSA) is 39.7 Å². The highest BCUT2D eigenvalue weighted by Crippen LogP contribution is 2.23. The Labute approximate surface area is 165 Å². The molecule has 2 aromatic carbocycles.